The van der Waals surface area contributed by atoms with Gasteiger partial charge in [-0.05, 0) is 43.8 Å². The molecule has 0 saturated carbocycles. The summed E-state index contributed by atoms with van der Waals surface area (Å²) in [5.41, 5.74) is 1.56. The van der Waals surface area contributed by atoms with Crippen molar-refractivity contribution in [1.29, 1.82) is 0 Å². The standard InChI is InChI=1S/C20H26F2N4.HI/c1-23-20(25-14-17-13-18(21)9-10-19(17)22)24-11-6-12-26(2)15-16-7-4-3-5-8-16;/h3-5,7-10,13H,6,11-12,14-15H2,1-2H3,(H2,23,24,25);1H. The zero-order valence-electron chi connectivity index (χ0n) is 15.7. The first-order valence-corrected chi connectivity index (χ1v) is 8.69. The number of aliphatic imine (C=N–C) groups is 1. The smallest absolute Gasteiger partial charge is 0.191 e. The lowest BCUT2D eigenvalue weighted by Gasteiger charge is -2.17. The van der Waals surface area contributed by atoms with Crippen molar-refractivity contribution < 1.29 is 8.78 Å². The fourth-order valence-electron chi connectivity index (χ4n) is 2.61. The van der Waals surface area contributed by atoms with Crippen LogP contribution in [0, 0.1) is 11.6 Å². The van der Waals surface area contributed by atoms with Crippen LogP contribution in [0.25, 0.3) is 0 Å². The molecule has 0 aliphatic heterocycles. The van der Waals surface area contributed by atoms with Crippen molar-refractivity contribution in [2.75, 3.05) is 27.2 Å². The molecule has 2 N–H and O–H groups in total. The first kappa shape index (κ1) is 23.3. The molecule has 0 heterocycles. The Morgan fingerprint density at radius 3 is 2.52 bits per heavy atom. The third-order valence-electron chi connectivity index (χ3n) is 3.98. The number of nitrogens with zero attached hydrogens (tertiary/aromatic N) is 2. The van der Waals surface area contributed by atoms with E-state index in [9.17, 15) is 8.78 Å². The first-order chi connectivity index (χ1) is 12.6. The molecule has 27 heavy (non-hydrogen) atoms. The van der Waals surface area contributed by atoms with Gasteiger partial charge in [-0.2, -0.15) is 0 Å². The molecule has 2 rings (SSSR count). The molecular weight excluding hydrogens is 461 g/mol. The molecule has 2 aromatic carbocycles. The fourth-order valence-corrected chi connectivity index (χ4v) is 2.61. The van der Waals surface area contributed by atoms with Crippen LogP contribution in [0.5, 0.6) is 0 Å². The van der Waals surface area contributed by atoms with Crippen molar-refractivity contribution in [3.8, 4) is 0 Å². The molecule has 0 saturated heterocycles. The van der Waals surface area contributed by atoms with Gasteiger partial charge < -0.3 is 15.5 Å². The lowest BCUT2D eigenvalue weighted by Crippen LogP contribution is -2.38. The van der Waals surface area contributed by atoms with Gasteiger partial charge in [-0.3, -0.25) is 4.99 Å². The van der Waals surface area contributed by atoms with Gasteiger partial charge in [-0.1, -0.05) is 30.3 Å². The molecule has 0 radical (unpaired) electrons. The summed E-state index contributed by atoms with van der Waals surface area (Å²) in [5, 5.41) is 6.19. The van der Waals surface area contributed by atoms with Crippen LogP contribution in [-0.4, -0.2) is 38.0 Å². The monoisotopic (exact) mass is 488 g/mol. The van der Waals surface area contributed by atoms with Gasteiger partial charge in [-0.25, -0.2) is 8.78 Å². The predicted octanol–water partition coefficient (Wildman–Crippen LogP) is 3.77. The van der Waals surface area contributed by atoms with E-state index in [0.29, 0.717) is 5.96 Å². The Balaban J connectivity index is 0.00000364. The summed E-state index contributed by atoms with van der Waals surface area (Å²) in [6.07, 6.45) is 0.943. The van der Waals surface area contributed by atoms with Crippen LogP contribution in [0.1, 0.15) is 17.5 Å². The molecule has 0 atom stereocenters. The van der Waals surface area contributed by atoms with Crippen molar-refractivity contribution >= 4 is 29.9 Å². The molecular formula is C20H27F2IN4. The maximum absolute atomic E-state index is 13.6. The normalized spacial score (nSPS) is 11.2. The minimum atomic E-state index is -0.451. The van der Waals surface area contributed by atoms with Crippen LogP contribution in [0.15, 0.2) is 53.5 Å². The molecule has 0 aromatic heterocycles. The second kappa shape index (κ2) is 12.6. The van der Waals surface area contributed by atoms with Crippen LogP contribution in [0.3, 0.4) is 0 Å². The lowest BCUT2D eigenvalue weighted by atomic mass is 10.2. The molecule has 0 aliphatic carbocycles. The Hall–Kier alpha value is -1.74. The average Bonchev–Trinajstić information content (AvgIpc) is 2.64. The maximum atomic E-state index is 13.6. The number of benzene rings is 2. The van der Waals surface area contributed by atoms with E-state index in [2.05, 4.69) is 39.7 Å². The minimum absolute atomic E-state index is 0. The van der Waals surface area contributed by atoms with E-state index in [1.54, 1.807) is 7.05 Å². The average molecular weight is 488 g/mol. The second-order valence-corrected chi connectivity index (χ2v) is 6.17. The summed E-state index contributed by atoms with van der Waals surface area (Å²) < 4.78 is 26.8. The highest BCUT2D eigenvalue weighted by Gasteiger charge is 2.05. The predicted molar refractivity (Wildman–Crippen MR) is 117 cm³/mol. The van der Waals surface area contributed by atoms with Gasteiger partial charge in [0.2, 0.25) is 0 Å². The van der Waals surface area contributed by atoms with Crippen molar-refractivity contribution in [3.63, 3.8) is 0 Å². The van der Waals surface area contributed by atoms with Crippen LogP contribution >= 0.6 is 24.0 Å². The Morgan fingerprint density at radius 2 is 1.81 bits per heavy atom. The molecule has 148 valence electrons. The third kappa shape index (κ3) is 8.66. The SMILES string of the molecule is CN=C(NCCCN(C)Cc1ccccc1)NCc1cc(F)ccc1F.I. The molecule has 7 heteroatoms. The Labute approximate surface area is 177 Å². The zero-order chi connectivity index (χ0) is 18.8. The summed E-state index contributed by atoms with van der Waals surface area (Å²) in [6, 6.07) is 13.8. The van der Waals surface area contributed by atoms with Crippen molar-refractivity contribution in [3.05, 3.63) is 71.3 Å². The Kier molecular flexibility index (Phi) is 10.9. The zero-order valence-corrected chi connectivity index (χ0v) is 18.0. The summed E-state index contributed by atoms with van der Waals surface area (Å²) in [4.78, 5) is 6.36. The fraction of sp³-hybridized carbons (Fsp3) is 0.350. The first-order valence-electron chi connectivity index (χ1n) is 8.69. The molecule has 0 amide bonds. The van der Waals surface area contributed by atoms with Gasteiger partial charge in [0.05, 0.1) is 0 Å². The van der Waals surface area contributed by atoms with E-state index >= 15 is 0 Å². The maximum Gasteiger partial charge on any atom is 0.191 e. The molecule has 0 fully saturated rings. The second-order valence-electron chi connectivity index (χ2n) is 6.17. The highest BCUT2D eigenvalue weighted by molar-refractivity contribution is 14.0. The van der Waals surface area contributed by atoms with E-state index < -0.39 is 11.6 Å². The lowest BCUT2D eigenvalue weighted by molar-refractivity contribution is 0.322. The molecule has 2 aromatic rings. The van der Waals surface area contributed by atoms with E-state index in [0.717, 1.165) is 38.2 Å². The molecule has 0 unspecified atom stereocenters. The molecule has 0 spiro atoms. The third-order valence-corrected chi connectivity index (χ3v) is 3.98. The van der Waals surface area contributed by atoms with Gasteiger partial charge in [-0.15, -0.1) is 24.0 Å². The van der Waals surface area contributed by atoms with Crippen molar-refractivity contribution in [1.82, 2.24) is 15.5 Å². The topological polar surface area (TPSA) is 39.7 Å². The van der Waals surface area contributed by atoms with Crippen LogP contribution in [0.2, 0.25) is 0 Å². The van der Waals surface area contributed by atoms with Gasteiger partial charge in [0.25, 0.3) is 0 Å². The Bertz CT molecular complexity index is 710. The largest absolute Gasteiger partial charge is 0.356 e. The number of nitrogens with one attached hydrogen (secondary N) is 2. The van der Waals surface area contributed by atoms with E-state index in [4.69, 9.17) is 0 Å². The van der Waals surface area contributed by atoms with Crippen LogP contribution in [0.4, 0.5) is 8.78 Å². The molecule has 0 bridgehead atoms. The van der Waals surface area contributed by atoms with Crippen LogP contribution in [-0.2, 0) is 13.1 Å². The summed E-state index contributed by atoms with van der Waals surface area (Å²) in [7, 11) is 3.74. The molecule has 4 nitrogen and oxygen atoms in total. The van der Waals surface area contributed by atoms with Gasteiger partial charge in [0.15, 0.2) is 5.96 Å². The van der Waals surface area contributed by atoms with E-state index in [1.807, 2.05) is 18.2 Å². The number of hydrogen-bond acceptors (Lipinski definition) is 2. The van der Waals surface area contributed by atoms with E-state index in [-0.39, 0.29) is 36.1 Å². The summed E-state index contributed by atoms with van der Waals surface area (Å²) >= 11 is 0. The summed E-state index contributed by atoms with van der Waals surface area (Å²) in [6.45, 7) is 2.77. The van der Waals surface area contributed by atoms with Gasteiger partial charge >= 0.3 is 0 Å². The number of hydrogen-bond donors (Lipinski definition) is 2. The summed E-state index contributed by atoms with van der Waals surface area (Å²) in [5.74, 6) is -0.316. The quantitative estimate of drug-likeness (QED) is 0.257. The highest BCUT2D eigenvalue weighted by atomic mass is 127. The van der Waals surface area contributed by atoms with Crippen LogP contribution < -0.4 is 10.6 Å². The number of rotatable bonds is 8. The van der Waals surface area contributed by atoms with Gasteiger partial charge in [0, 0.05) is 32.2 Å². The minimum Gasteiger partial charge on any atom is -0.356 e. The number of guanidine groups is 1. The number of halogens is 3. The molecule has 0 aliphatic rings. The van der Waals surface area contributed by atoms with Crippen molar-refractivity contribution in [2.24, 2.45) is 4.99 Å². The van der Waals surface area contributed by atoms with Crippen molar-refractivity contribution in [2.45, 2.75) is 19.5 Å². The van der Waals surface area contributed by atoms with E-state index in [1.165, 1.54) is 11.6 Å². The Morgan fingerprint density at radius 1 is 1.07 bits per heavy atom. The highest BCUT2D eigenvalue weighted by Crippen LogP contribution is 2.09. The van der Waals surface area contributed by atoms with Gasteiger partial charge in [0.1, 0.15) is 11.6 Å².